The molecule has 6 heteroatoms. The first kappa shape index (κ1) is 17.8. The van der Waals surface area contributed by atoms with Gasteiger partial charge in [-0.3, -0.25) is 9.59 Å². The molecule has 3 N–H and O–H groups in total. The van der Waals surface area contributed by atoms with Gasteiger partial charge in [0.25, 0.3) is 5.91 Å². The van der Waals surface area contributed by atoms with E-state index >= 15 is 0 Å². The number of amides is 2. The minimum absolute atomic E-state index is 0.0518. The normalized spacial score (nSPS) is 10.2. The van der Waals surface area contributed by atoms with Gasteiger partial charge in [-0.25, -0.2) is 0 Å². The van der Waals surface area contributed by atoms with Crippen molar-refractivity contribution in [2.24, 2.45) is 0 Å². The van der Waals surface area contributed by atoms with Crippen LogP contribution in [0.15, 0.2) is 48.5 Å². The molecule has 5 nitrogen and oxygen atoms in total. The van der Waals surface area contributed by atoms with Gasteiger partial charge in [-0.1, -0.05) is 29.8 Å². The van der Waals surface area contributed by atoms with Gasteiger partial charge in [0.05, 0.1) is 6.42 Å². The smallest absolute Gasteiger partial charge is 0.251 e. The average molecular weight is 347 g/mol. The monoisotopic (exact) mass is 346 g/mol. The van der Waals surface area contributed by atoms with Crippen molar-refractivity contribution in [1.29, 1.82) is 0 Å². The number of carbonyl (C=O) groups is 2. The first-order valence-electron chi connectivity index (χ1n) is 7.63. The van der Waals surface area contributed by atoms with E-state index in [4.69, 9.17) is 11.6 Å². The van der Waals surface area contributed by atoms with E-state index in [0.29, 0.717) is 30.1 Å². The van der Waals surface area contributed by atoms with E-state index in [2.05, 4.69) is 10.6 Å². The SMILES string of the molecule is O=C(Cc1cccc(Cl)c1)NCCCNC(=O)c1cccc(O)c1. The fourth-order valence-corrected chi connectivity index (χ4v) is 2.38. The highest BCUT2D eigenvalue weighted by molar-refractivity contribution is 6.30. The van der Waals surface area contributed by atoms with Crippen molar-refractivity contribution in [3.63, 3.8) is 0 Å². The molecule has 0 heterocycles. The van der Waals surface area contributed by atoms with Crippen molar-refractivity contribution in [3.8, 4) is 5.75 Å². The molecule has 126 valence electrons. The van der Waals surface area contributed by atoms with Crippen molar-refractivity contribution >= 4 is 23.4 Å². The standard InChI is InChI=1S/C18H19ClN2O3/c19-15-6-1-4-13(10-15)11-17(23)20-8-3-9-21-18(24)14-5-2-7-16(22)12-14/h1-2,4-7,10,12,22H,3,8-9,11H2,(H,20,23)(H,21,24). The summed E-state index contributed by atoms with van der Waals surface area (Å²) in [5.74, 6) is -0.288. The molecule has 0 saturated carbocycles. The molecule has 0 unspecified atom stereocenters. The lowest BCUT2D eigenvalue weighted by Crippen LogP contribution is -2.30. The number of nitrogens with one attached hydrogen (secondary N) is 2. The zero-order valence-corrected chi connectivity index (χ0v) is 13.8. The molecule has 2 rings (SSSR count). The number of phenols is 1. The fraction of sp³-hybridized carbons (Fsp3) is 0.222. The Balaban J connectivity index is 1.64. The van der Waals surface area contributed by atoms with Crippen LogP contribution in [0.2, 0.25) is 5.02 Å². The largest absolute Gasteiger partial charge is 0.508 e. The van der Waals surface area contributed by atoms with Gasteiger partial charge in [-0.15, -0.1) is 0 Å². The van der Waals surface area contributed by atoms with Crippen molar-refractivity contribution in [2.45, 2.75) is 12.8 Å². The molecule has 2 amide bonds. The zero-order chi connectivity index (χ0) is 17.4. The van der Waals surface area contributed by atoms with E-state index in [0.717, 1.165) is 5.56 Å². The third-order valence-corrected chi connectivity index (χ3v) is 3.56. The van der Waals surface area contributed by atoms with Crippen LogP contribution in [0, 0.1) is 0 Å². The van der Waals surface area contributed by atoms with Crippen LogP contribution in [0.5, 0.6) is 5.75 Å². The van der Waals surface area contributed by atoms with Gasteiger partial charge in [-0.05, 0) is 42.3 Å². The van der Waals surface area contributed by atoms with Gasteiger partial charge in [0.2, 0.25) is 5.91 Å². The van der Waals surface area contributed by atoms with Crippen LogP contribution in [0.4, 0.5) is 0 Å². The number of carbonyl (C=O) groups excluding carboxylic acids is 2. The van der Waals surface area contributed by atoms with Crippen LogP contribution in [-0.4, -0.2) is 30.0 Å². The number of benzene rings is 2. The molecule has 0 aliphatic rings. The number of aromatic hydroxyl groups is 1. The Labute approximate surface area is 145 Å². The molecule has 0 aliphatic carbocycles. The van der Waals surface area contributed by atoms with Gasteiger partial charge < -0.3 is 15.7 Å². The maximum absolute atomic E-state index is 11.8. The van der Waals surface area contributed by atoms with E-state index < -0.39 is 0 Å². The Kier molecular flexibility index (Phi) is 6.63. The maximum Gasteiger partial charge on any atom is 0.251 e. The highest BCUT2D eigenvalue weighted by Gasteiger charge is 2.06. The van der Waals surface area contributed by atoms with Crippen LogP contribution in [0.1, 0.15) is 22.3 Å². The van der Waals surface area contributed by atoms with E-state index in [1.807, 2.05) is 12.1 Å². The van der Waals surface area contributed by atoms with E-state index in [9.17, 15) is 14.7 Å². The van der Waals surface area contributed by atoms with Gasteiger partial charge in [0.15, 0.2) is 0 Å². The average Bonchev–Trinajstić information content (AvgIpc) is 2.54. The first-order chi connectivity index (χ1) is 11.5. The summed E-state index contributed by atoms with van der Waals surface area (Å²) in [6.07, 6.45) is 0.891. The van der Waals surface area contributed by atoms with Crippen LogP contribution in [0.3, 0.4) is 0 Å². The van der Waals surface area contributed by atoms with Crippen molar-refractivity contribution in [1.82, 2.24) is 10.6 Å². The van der Waals surface area contributed by atoms with Gasteiger partial charge in [0.1, 0.15) is 5.75 Å². The molecule has 2 aromatic carbocycles. The van der Waals surface area contributed by atoms with Crippen molar-refractivity contribution in [2.75, 3.05) is 13.1 Å². The molecular weight excluding hydrogens is 328 g/mol. The Morgan fingerprint density at radius 3 is 2.50 bits per heavy atom. The first-order valence-corrected chi connectivity index (χ1v) is 8.01. The van der Waals surface area contributed by atoms with Crippen LogP contribution in [-0.2, 0) is 11.2 Å². The van der Waals surface area contributed by atoms with Gasteiger partial charge >= 0.3 is 0 Å². The third-order valence-electron chi connectivity index (χ3n) is 3.32. The molecular formula is C18H19ClN2O3. The predicted octanol–water partition coefficient (Wildman–Crippen LogP) is 2.52. The molecule has 0 saturated heterocycles. The third kappa shape index (κ3) is 5.93. The summed E-state index contributed by atoms with van der Waals surface area (Å²) in [5, 5.41) is 15.5. The molecule has 0 radical (unpaired) electrons. The highest BCUT2D eigenvalue weighted by atomic mass is 35.5. The van der Waals surface area contributed by atoms with E-state index in [1.54, 1.807) is 24.3 Å². The summed E-state index contributed by atoms with van der Waals surface area (Å²) in [6, 6.07) is 13.3. The van der Waals surface area contributed by atoms with Crippen molar-refractivity contribution in [3.05, 3.63) is 64.7 Å². The number of hydrogen-bond acceptors (Lipinski definition) is 3. The minimum Gasteiger partial charge on any atom is -0.508 e. The lowest BCUT2D eigenvalue weighted by molar-refractivity contribution is -0.120. The molecule has 0 aromatic heterocycles. The Morgan fingerprint density at radius 2 is 1.75 bits per heavy atom. The van der Waals surface area contributed by atoms with Crippen LogP contribution >= 0.6 is 11.6 Å². The Bertz CT molecular complexity index is 719. The molecule has 24 heavy (non-hydrogen) atoms. The minimum atomic E-state index is -0.254. The van der Waals surface area contributed by atoms with Crippen LogP contribution < -0.4 is 10.6 Å². The summed E-state index contributed by atoms with van der Waals surface area (Å²) >= 11 is 5.88. The number of hydrogen-bond donors (Lipinski definition) is 3. The summed E-state index contributed by atoms with van der Waals surface area (Å²) in [6.45, 7) is 0.908. The number of rotatable bonds is 7. The molecule has 0 fully saturated rings. The second kappa shape index (κ2) is 8.93. The maximum atomic E-state index is 11.8. The van der Waals surface area contributed by atoms with E-state index in [1.165, 1.54) is 12.1 Å². The second-order valence-electron chi connectivity index (χ2n) is 5.32. The van der Waals surface area contributed by atoms with Gasteiger partial charge in [0, 0.05) is 23.7 Å². The topological polar surface area (TPSA) is 78.4 Å². The zero-order valence-electron chi connectivity index (χ0n) is 13.1. The second-order valence-corrected chi connectivity index (χ2v) is 5.75. The molecule has 0 aliphatic heterocycles. The summed E-state index contributed by atoms with van der Waals surface area (Å²) in [5.41, 5.74) is 1.26. The van der Waals surface area contributed by atoms with Gasteiger partial charge in [-0.2, -0.15) is 0 Å². The lowest BCUT2D eigenvalue weighted by atomic mass is 10.1. The highest BCUT2D eigenvalue weighted by Crippen LogP contribution is 2.11. The summed E-state index contributed by atoms with van der Waals surface area (Å²) < 4.78 is 0. The Morgan fingerprint density at radius 1 is 1.00 bits per heavy atom. The predicted molar refractivity (Wildman–Crippen MR) is 93.2 cm³/mol. The summed E-state index contributed by atoms with van der Waals surface area (Å²) in [7, 11) is 0. The molecule has 0 atom stereocenters. The van der Waals surface area contributed by atoms with E-state index in [-0.39, 0.29) is 24.0 Å². The lowest BCUT2D eigenvalue weighted by Gasteiger charge is -2.07. The van der Waals surface area contributed by atoms with Crippen molar-refractivity contribution < 1.29 is 14.7 Å². The molecule has 2 aromatic rings. The number of halogens is 1. The molecule has 0 bridgehead atoms. The Hall–Kier alpha value is -2.53. The molecule has 0 spiro atoms. The fourth-order valence-electron chi connectivity index (χ4n) is 2.16. The quantitative estimate of drug-likeness (QED) is 0.674. The number of phenolic OH excluding ortho intramolecular Hbond substituents is 1. The summed E-state index contributed by atoms with van der Waals surface area (Å²) in [4.78, 5) is 23.7. The van der Waals surface area contributed by atoms with Crippen LogP contribution in [0.25, 0.3) is 0 Å².